The molecule has 0 spiro atoms. The van der Waals surface area contributed by atoms with Crippen LogP contribution in [0.15, 0.2) is 29.2 Å². The molecule has 114 valence electrons. The van der Waals surface area contributed by atoms with Crippen LogP contribution in [-0.4, -0.2) is 47.3 Å². The molecule has 0 amide bonds. The highest BCUT2D eigenvalue weighted by atomic mass is 35.5. The van der Waals surface area contributed by atoms with Crippen molar-refractivity contribution < 1.29 is 22.1 Å². The van der Waals surface area contributed by atoms with Crippen molar-refractivity contribution in [1.29, 1.82) is 0 Å². The monoisotopic (exact) mass is 322 g/mol. The Morgan fingerprint density at radius 3 is 2.10 bits per heavy atom. The first kappa shape index (κ1) is 17.4. The second-order valence-electron chi connectivity index (χ2n) is 4.00. The Hall–Kier alpha value is -0.660. The second-order valence-corrected chi connectivity index (χ2v) is 6.00. The SMILES string of the molecule is Cc1ccc(S(=O)(=O)OCCOCCOCCCl)cc1. The van der Waals surface area contributed by atoms with Crippen molar-refractivity contribution in [3.63, 3.8) is 0 Å². The molecule has 0 aromatic heterocycles. The second kappa shape index (κ2) is 9.31. The van der Waals surface area contributed by atoms with Gasteiger partial charge in [0.25, 0.3) is 10.1 Å². The number of benzene rings is 1. The van der Waals surface area contributed by atoms with Crippen LogP contribution in [0.3, 0.4) is 0 Å². The summed E-state index contributed by atoms with van der Waals surface area (Å²) in [6.45, 7) is 3.34. The van der Waals surface area contributed by atoms with E-state index in [4.69, 9.17) is 25.3 Å². The van der Waals surface area contributed by atoms with Crippen LogP contribution in [0.4, 0.5) is 0 Å². The van der Waals surface area contributed by atoms with Gasteiger partial charge in [0, 0.05) is 5.88 Å². The van der Waals surface area contributed by atoms with E-state index in [1.54, 1.807) is 12.1 Å². The van der Waals surface area contributed by atoms with E-state index in [1.165, 1.54) is 12.1 Å². The summed E-state index contributed by atoms with van der Waals surface area (Å²) in [4.78, 5) is 0.147. The molecule has 7 heteroatoms. The van der Waals surface area contributed by atoms with Crippen LogP contribution in [-0.2, 0) is 23.8 Å². The van der Waals surface area contributed by atoms with Gasteiger partial charge in [-0.15, -0.1) is 11.6 Å². The maximum absolute atomic E-state index is 11.8. The molecule has 0 saturated carbocycles. The summed E-state index contributed by atoms with van der Waals surface area (Å²) in [5.74, 6) is 0.442. The first-order valence-electron chi connectivity index (χ1n) is 6.24. The zero-order valence-electron chi connectivity index (χ0n) is 11.4. The molecule has 0 aliphatic rings. The average Bonchev–Trinajstić information content (AvgIpc) is 2.42. The number of hydrogen-bond acceptors (Lipinski definition) is 5. The number of alkyl halides is 1. The van der Waals surface area contributed by atoms with E-state index in [-0.39, 0.29) is 18.1 Å². The van der Waals surface area contributed by atoms with E-state index in [2.05, 4.69) is 0 Å². The van der Waals surface area contributed by atoms with Crippen LogP contribution < -0.4 is 0 Å². The lowest BCUT2D eigenvalue weighted by atomic mass is 10.2. The van der Waals surface area contributed by atoms with Gasteiger partial charge in [-0.25, -0.2) is 0 Å². The minimum atomic E-state index is -3.71. The van der Waals surface area contributed by atoms with Crippen LogP contribution >= 0.6 is 11.6 Å². The van der Waals surface area contributed by atoms with E-state index in [0.717, 1.165) is 5.56 Å². The summed E-state index contributed by atoms with van der Waals surface area (Å²) in [7, 11) is -3.71. The fourth-order valence-electron chi connectivity index (χ4n) is 1.35. The third kappa shape index (κ3) is 6.67. The molecule has 5 nitrogen and oxygen atoms in total. The predicted molar refractivity (Wildman–Crippen MR) is 76.7 cm³/mol. The summed E-state index contributed by atoms with van der Waals surface area (Å²) in [6.07, 6.45) is 0. The Morgan fingerprint density at radius 2 is 1.50 bits per heavy atom. The van der Waals surface area contributed by atoms with Crippen molar-refractivity contribution in [3.8, 4) is 0 Å². The smallest absolute Gasteiger partial charge is 0.297 e. The molecule has 0 radical (unpaired) electrons. The van der Waals surface area contributed by atoms with Gasteiger partial charge in [-0.3, -0.25) is 4.18 Å². The highest BCUT2D eigenvalue weighted by Crippen LogP contribution is 2.12. The number of hydrogen-bond donors (Lipinski definition) is 0. The molecule has 0 aliphatic heterocycles. The van der Waals surface area contributed by atoms with E-state index < -0.39 is 10.1 Å². The Labute approximate surface area is 124 Å². The summed E-state index contributed by atoms with van der Waals surface area (Å²) in [5, 5.41) is 0. The summed E-state index contributed by atoms with van der Waals surface area (Å²) in [6, 6.07) is 6.49. The first-order valence-corrected chi connectivity index (χ1v) is 8.18. The lowest BCUT2D eigenvalue weighted by molar-refractivity contribution is 0.0418. The van der Waals surface area contributed by atoms with E-state index in [1.807, 2.05) is 6.92 Å². The zero-order valence-corrected chi connectivity index (χ0v) is 13.0. The molecule has 0 bridgehead atoms. The Morgan fingerprint density at radius 1 is 0.950 bits per heavy atom. The molecule has 20 heavy (non-hydrogen) atoms. The normalized spacial score (nSPS) is 11.7. The van der Waals surface area contributed by atoms with Gasteiger partial charge >= 0.3 is 0 Å². The quantitative estimate of drug-likeness (QED) is 0.374. The minimum Gasteiger partial charge on any atom is -0.378 e. The number of aryl methyl sites for hydroxylation is 1. The highest BCUT2D eigenvalue weighted by molar-refractivity contribution is 7.86. The standard InChI is InChI=1S/C13H19ClO5S/c1-12-2-4-13(5-3-12)20(15,16)19-11-10-18-9-8-17-7-6-14/h2-5H,6-11H2,1H3. The lowest BCUT2D eigenvalue weighted by Crippen LogP contribution is -2.13. The highest BCUT2D eigenvalue weighted by Gasteiger charge is 2.14. The minimum absolute atomic E-state index is 0.0221. The fourth-order valence-corrected chi connectivity index (χ4v) is 2.35. The number of ether oxygens (including phenoxy) is 2. The van der Waals surface area contributed by atoms with Gasteiger partial charge in [-0.1, -0.05) is 17.7 Å². The average molecular weight is 323 g/mol. The number of halogens is 1. The van der Waals surface area contributed by atoms with Crippen molar-refractivity contribution >= 4 is 21.7 Å². The molecular weight excluding hydrogens is 304 g/mol. The van der Waals surface area contributed by atoms with Crippen LogP contribution in [0, 0.1) is 6.92 Å². The van der Waals surface area contributed by atoms with Crippen LogP contribution in [0.5, 0.6) is 0 Å². The molecule has 1 aromatic rings. The van der Waals surface area contributed by atoms with Crippen LogP contribution in [0.2, 0.25) is 0 Å². The van der Waals surface area contributed by atoms with E-state index in [0.29, 0.717) is 25.7 Å². The Bertz CT molecular complexity index is 472. The Balaban J connectivity index is 2.22. The van der Waals surface area contributed by atoms with Gasteiger partial charge in [0.1, 0.15) is 0 Å². The van der Waals surface area contributed by atoms with Gasteiger partial charge < -0.3 is 9.47 Å². The van der Waals surface area contributed by atoms with Crippen molar-refractivity contribution in [2.75, 3.05) is 38.9 Å². The van der Waals surface area contributed by atoms with Gasteiger partial charge in [0.15, 0.2) is 0 Å². The van der Waals surface area contributed by atoms with Crippen molar-refractivity contribution in [2.45, 2.75) is 11.8 Å². The van der Waals surface area contributed by atoms with Gasteiger partial charge in [-0.2, -0.15) is 8.42 Å². The molecule has 0 N–H and O–H groups in total. The molecule has 0 heterocycles. The zero-order chi connectivity index (χ0) is 14.8. The molecule has 1 aromatic carbocycles. The molecule has 0 fully saturated rings. The molecule has 1 rings (SSSR count). The molecule has 0 unspecified atom stereocenters. The lowest BCUT2D eigenvalue weighted by Gasteiger charge is -2.07. The van der Waals surface area contributed by atoms with Gasteiger partial charge in [0.2, 0.25) is 0 Å². The topological polar surface area (TPSA) is 61.8 Å². The third-order valence-electron chi connectivity index (χ3n) is 2.37. The maximum Gasteiger partial charge on any atom is 0.297 e. The fraction of sp³-hybridized carbons (Fsp3) is 0.538. The van der Waals surface area contributed by atoms with Gasteiger partial charge in [0.05, 0.1) is 37.9 Å². The Kier molecular flexibility index (Phi) is 8.09. The summed E-state index contributed by atoms with van der Waals surface area (Å²) >= 11 is 5.43. The third-order valence-corrected chi connectivity index (χ3v) is 3.85. The summed E-state index contributed by atoms with van der Waals surface area (Å²) in [5.41, 5.74) is 0.990. The van der Waals surface area contributed by atoms with Gasteiger partial charge in [-0.05, 0) is 19.1 Å². The largest absolute Gasteiger partial charge is 0.378 e. The maximum atomic E-state index is 11.8. The molecule has 0 saturated heterocycles. The van der Waals surface area contributed by atoms with Crippen molar-refractivity contribution in [2.24, 2.45) is 0 Å². The molecular formula is C13H19ClO5S. The summed E-state index contributed by atoms with van der Waals surface area (Å²) < 4.78 is 38.7. The van der Waals surface area contributed by atoms with Crippen molar-refractivity contribution in [3.05, 3.63) is 29.8 Å². The van der Waals surface area contributed by atoms with Crippen molar-refractivity contribution in [1.82, 2.24) is 0 Å². The van der Waals surface area contributed by atoms with Crippen LogP contribution in [0.1, 0.15) is 5.56 Å². The molecule has 0 atom stereocenters. The number of rotatable bonds is 10. The molecule has 0 aliphatic carbocycles. The van der Waals surface area contributed by atoms with Crippen LogP contribution in [0.25, 0.3) is 0 Å². The first-order chi connectivity index (χ1) is 9.56. The van der Waals surface area contributed by atoms with E-state index >= 15 is 0 Å². The van der Waals surface area contributed by atoms with E-state index in [9.17, 15) is 8.42 Å². The predicted octanol–water partition coefficient (Wildman–Crippen LogP) is 1.97.